The number of fused-ring (bicyclic) bond motifs is 5. The average molecular weight is 1020 g/mol. The molecule has 1 aliphatic carbocycles. The minimum absolute atomic E-state index is 0.00453. The van der Waals surface area contributed by atoms with Crippen molar-refractivity contribution in [1.82, 2.24) is 25.0 Å². The Morgan fingerprint density at radius 2 is 1.49 bits per heavy atom. The fourth-order valence-corrected chi connectivity index (χ4v) is 11.9. The Balaban J connectivity index is 0.590. The van der Waals surface area contributed by atoms with Gasteiger partial charge in [-0.3, -0.25) is 34.2 Å². The van der Waals surface area contributed by atoms with Crippen LogP contribution in [0.5, 0.6) is 0 Å². The first-order chi connectivity index (χ1) is 35.5. The monoisotopic (exact) mass is 1020 g/mol. The normalized spacial score (nSPS) is 19.0. The molecule has 3 fully saturated rings. The Labute approximate surface area is 431 Å². The highest BCUT2D eigenvalue weighted by Gasteiger charge is 2.42. The molecule has 0 radical (unpaired) electrons. The predicted octanol–water partition coefficient (Wildman–Crippen LogP) is 5.22. The number of imide groups is 1. The predicted molar refractivity (Wildman–Crippen MR) is 275 cm³/mol. The van der Waals surface area contributed by atoms with E-state index >= 15 is 0 Å². The van der Waals surface area contributed by atoms with E-state index in [1.54, 1.807) is 28.8 Å². The number of aromatic amines is 1. The second kappa shape index (κ2) is 23.7. The van der Waals surface area contributed by atoms with Gasteiger partial charge in [0.1, 0.15) is 12.6 Å². The Kier molecular flexibility index (Phi) is 17.0. The maximum atomic E-state index is 14.1. The van der Waals surface area contributed by atoms with Gasteiger partial charge in [0.25, 0.3) is 5.91 Å². The number of benzene rings is 3. The molecular formula is C55H67N7O10S. The largest absolute Gasteiger partial charge is 0.378 e. The zero-order valence-electron chi connectivity index (χ0n) is 42.3. The summed E-state index contributed by atoms with van der Waals surface area (Å²) in [4.78, 5) is 77.2. The molecule has 0 spiro atoms. The lowest BCUT2D eigenvalue weighted by molar-refractivity contribution is -0.139. The number of carbonyl (C=O) groups excluding carboxylic acids is 5. The summed E-state index contributed by atoms with van der Waals surface area (Å²) in [5.41, 5.74) is 8.30. The number of rotatable bonds is 22. The van der Waals surface area contributed by atoms with Crippen molar-refractivity contribution in [2.24, 2.45) is 0 Å². The molecule has 1 aromatic heterocycles. The van der Waals surface area contributed by atoms with Crippen molar-refractivity contribution in [2.75, 3.05) is 116 Å². The summed E-state index contributed by atoms with van der Waals surface area (Å²) in [6.45, 7) is 15.6. The van der Waals surface area contributed by atoms with Crippen LogP contribution in [0, 0.1) is 11.3 Å². The van der Waals surface area contributed by atoms with Gasteiger partial charge >= 0.3 is 0 Å². The third-order valence-corrected chi connectivity index (χ3v) is 16.1. The van der Waals surface area contributed by atoms with E-state index in [2.05, 4.69) is 59.1 Å². The number of hydrogen-bond acceptors (Lipinski definition) is 14. The van der Waals surface area contributed by atoms with Crippen molar-refractivity contribution < 1.29 is 47.7 Å². The number of piperidine rings is 2. The van der Waals surface area contributed by atoms with Crippen LogP contribution in [0.25, 0.3) is 10.9 Å². The second-order valence-electron chi connectivity index (χ2n) is 19.7. The minimum atomic E-state index is -0.632. The van der Waals surface area contributed by atoms with Crippen LogP contribution in [0.2, 0.25) is 0 Å². The molecule has 2 N–H and O–H groups in total. The van der Waals surface area contributed by atoms with Crippen LogP contribution in [0.4, 0.5) is 5.69 Å². The van der Waals surface area contributed by atoms with Gasteiger partial charge in [-0.2, -0.15) is 5.26 Å². The number of hydrogen-bond donors (Lipinski definition) is 2. The Morgan fingerprint density at radius 1 is 0.808 bits per heavy atom. The average Bonchev–Trinajstić information content (AvgIpc) is 3.97. The van der Waals surface area contributed by atoms with E-state index in [1.807, 2.05) is 29.2 Å². The third kappa shape index (κ3) is 11.5. The van der Waals surface area contributed by atoms with E-state index in [0.717, 1.165) is 89.2 Å². The molecule has 0 bridgehead atoms. The number of piperazine rings is 1. The number of H-pyrrole nitrogens is 1. The number of aromatic nitrogens is 1. The van der Waals surface area contributed by atoms with Gasteiger partial charge in [-0.15, -0.1) is 11.8 Å². The van der Waals surface area contributed by atoms with Crippen molar-refractivity contribution in [1.29, 1.82) is 5.26 Å². The first kappa shape index (κ1) is 52.2. The number of carbonyl (C=O) groups is 5. The summed E-state index contributed by atoms with van der Waals surface area (Å²) in [5, 5.41) is 12.7. The molecule has 9 rings (SSSR count). The standard InChI is InChI=1S/C55H67N7O10S/c1-4-37-31-41-43(55(2,3)52-50(51(41)65)40-9-8-36(33-56)30-44(40)57-52)32-46(37)60-14-12-38(13-15-60)59-16-18-61(19-17-59)49(64)35-72-27-26-70-23-22-68-20-21-69-24-25-71-28-29-73-47-7-5-6-39-42(47)34-62(54(39)67)45-10-11-48(63)58-53(45)66/h5-9,30-32,38,45,57H,4,10-29,34-35H2,1-3H3,(H,58,63,66). The molecule has 4 aromatic rings. The summed E-state index contributed by atoms with van der Waals surface area (Å²) in [7, 11) is 0. The van der Waals surface area contributed by atoms with E-state index in [4.69, 9.17) is 23.7 Å². The first-order valence-corrected chi connectivity index (χ1v) is 26.8. The summed E-state index contributed by atoms with van der Waals surface area (Å²) in [5.74, 6) is -0.149. The van der Waals surface area contributed by atoms with Gasteiger partial charge < -0.3 is 43.4 Å². The molecule has 1 atom stereocenters. The number of anilines is 1. The zero-order valence-corrected chi connectivity index (χ0v) is 43.1. The Bertz CT molecular complexity index is 2740. The van der Waals surface area contributed by atoms with Crippen LogP contribution in [0.3, 0.4) is 0 Å². The Hall–Kier alpha value is -5.65. The first-order valence-electron chi connectivity index (χ1n) is 25.8. The molecule has 3 aromatic carbocycles. The van der Waals surface area contributed by atoms with Crippen LogP contribution in [-0.4, -0.2) is 172 Å². The molecule has 73 heavy (non-hydrogen) atoms. The van der Waals surface area contributed by atoms with Crippen molar-refractivity contribution in [2.45, 2.75) is 81.8 Å². The summed E-state index contributed by atoms with van der Waals surface area (Å²) < 4.78 is 28.3. The van der Waals surface area contributed by atoms with Crippen molar-refractivity contribution in [3.05, 3.63) is 93.2 Å². The number of thioether (sulfide) groups is 1. The van der Waals surface area contributed by atoms with Crippen molar-refractivity contribution in [3.8, 4) is 6.07 Å². The maximum absolute atomic E-state index is 14.1. The van der Waals surface area contributed by atoms with E-state index in [1.165, 1.54) is 11.3 Å². The molecule has 5 heterocycles. The number of nitrogens with one attached hydrogen (secondary N) is 2. The number of aryl methyl sites for hydroxylation is 1. The maximum Gasteiger partial charge on any atom is 0.255 e. The highest BCUT2D eigenvalue weighted by atomic mass is 32.2. The smallest absolute Gasteiger partial charge is 0.255 e. The number of amides is 4. The highest BCUT2D eigenvalue weighted by Crippen LogP contribution is 2.46. The third-order valence-electron chi connectivity index (χ3n) is 15.0. The lowest BCUT2D eigenvalue weighted by atomic mass is 9.70. The van der Waals surface area contributed by atoms with E-state index in [0.29, 0.717) is 108 Å². The molecule has 17 nitrogen and oxygen atoms in total. The molecule has 18 heteroatoms. The van der Waals surface area contributed by atoms with Gasteiger partial charge in [0.15, 0.2) is 5.78 Å². The molecule has 388 valence electrons. The highest BCUT2D eigenvalue weighted by molar-refractivity contribution is 7.99. The Morgan fingerprint density at radius 3 is 2.16 bits per heavy atom. The van der Waals surface area contributed by atoms with Gasteiger partial charge in [-0.25, -0.2) is 0 Å². The summed E-state index contributed by atoms with van der Waals surface area (Å²) in [6, 6.07) is 17.6. The molecule has 1 unspecified atom stereocenters. The summed E-state index contributed by atoms with van der Waals surface area (Å²) in [6.07, 6.45) is 3.46. The van der Waals surface area contributed by atoms with Crippen molar-refractivity contribution in [3.63, 3.8) is 0 Å². The number of ether oxygens (including phenoxy) is 5. The van der Waals surface area contributed by atoms with Crippen LogP contribution in [0.1, 0.15) is 101 Å². The van der Waals surface area contributed by atoms with Crippen molar-refractivity contribution >= 4 is 57.8 Å². The fourth-order valence-electron chi connectivity index (χ4n) is 11.0. The lowest BCUT2D eigenvalue weighted by Crippen LogP contribution is -2.55. The topological polar surface area (TPSA) is 196 Å². The van der Waals surface area contributed by atoms with Crippen LogP contribution >= 0.6 is 11.8 Å². The molecule has 3 saturated heterocycles. The number of nitriles is 1. The van der Waals surface area contributed by atoms with E-state index in [-0.39, 0.29) is 36.5 Å². The second-order valence-corrected chi connectivity index (χ2v) is 20.9. The van der Waals surface area contributed by atoms with Gasteiger partial charge in [-0.1, -0.05) is 32.9 Å². The van der Waals surface area contributed by atoms with Crippen LogP contribution in [-0.2, 0) is 56.4 Å². The summed E-state index contributed by atoms with van der Waals surface area (Å²) >= 11 is 1.61. The number of ketones is 1. The quantitative estimate of drug-likeness (QED) is 0.0591. The van der Waals surface area contributed by atoms with Crippen LogP contribution < -0.4 is 10.2 Å². The van der Waals surface area contributed by atoms with Gasteiger partial charge in [-0.05, 0) is 78.8 Å². The molecule has 5 aliphatic rings. The van der Waals surface area contributed by atoms with Gasteiger partial charge in [0.05, 0.1) is 76.7 Å². The lowest BCUT2D eigenvalue weighted by Gasteiger charge is -2.44. The number of nitrogens with zero attached hydrogens (tertiary/aromatic N) is 5. The fraction of sp³-hybridized carbons (Fsp3) is 0.527. The van der Waals surface area contributed by atoms with E-state index < -0.39 is 17.4 Å². The van der Waals surface area contributed by atoms with Crippen LogP contribution in [0.15, 0.2) is 53.4 Å². The molecule has 4 aliphatic heterocycles. The molecule has 4 amide bonds. The van der Waals surface area contributed by atoms with Gasteiger partial charge in [0.2, 0.25) is 17.7 Å². The molecule has 0 saturated carbocycles. The SMILES string of the molecule is CCc1cc2c(cc1N1CCC(N3CCN(C(=O)COCCOCCOCCOCCOCCSc4cccc5c4CN(C4CCC(=O)NC4=O)C5=O)CC3)CC1)C(C)(C)c1[nH]c3cc(C#N)ccc3c1C2=O. The minimum Gasteiger partial charge on any atom is -0.378 e. The van der Waals surface area contributed by atoms with E-state index in [9.17, 15) is 29.2 Å². The zero-order chi connectivity index (χ0) is 51.1. The molecular weight excluding hydrogens is 951 g/mol. The van der Waals surface area contributed by atoms with Gasteiger partial charge in [0, 0.05) is 108 Å².